The number of carbonyl (C=O) groups is 1. The second kappa shape index (κ2) is 4.53. The van der Waals surface area contributed by atoms with E-state index in [1.807, 2.05) is 49.4 Å². The van der Waals surface area contributed by atoms with Crippen molar-refractivity contribution in [2.45, 2.75) is 13.5 Å². The molecule has 0 atom stereocenters. The molecule has 0 saturated carbocycles. The van der Waals surface area contributed by atoms with Gasteiger partial charge in [0.1, 0.15) is 5.52 Å². The Bertz CT molecular complexity index is 1050. The lowest BCUT2D eigenvalue weighted by atomic mass is 10.1. The third-order valence-electron chi connectivity index (χ3n) is 3.79. The number of fused-ring (bicyclic) bond motifs is 4. The minimum atomic E-state index is -1.14. The smallest absolute Gasteiger partial charge is 0.160 e. The number of benzene rings is 2. The fourth-order valence-electron chi connectivity index (χ4n) is 2.84. The van der Waals surface area contributed by atoms with Crippen LogP contribution >= 0.6 is 0 Å². The first-order chi connectivity index (χ1) is 10.6. The molecular weight excluding hydrogens is 278 g/mol. The molecule has 0 saturated heterocycles. The largest absolute Gasteiger partial charge is 0.548 e. The van der Waals surface area contributed by atoms with Crippen LogP contribution in [0, 0.1) is 6.92 Å². The lowest BCUT2D eigenvalue weighted by molar-refractivity contribution is -0.306. The van der Waals surface area contributed by atoms with Crippen LogP contribution in [-0.2, 0) is 11.3 Å². The monoisotopic (exact) mass is 290 g/mol. The van der Waals surface area contributed by atoms with Crippen molar-refractivity contribution in [2.24, 2.45) is 0 Å². The molecule has 4 aromatic rings. The van der Waals surface area contributed by atoms with E-state index < -0.39 is 5.97 Å². The van der Waals surface area contributed by atoms with E-state index in [2.05, 4.69) is 9.97 Å². The lowest BCUT2D eigenvalue weighted by Gasteiger charge is -2.07. The van der Waals surface area contributed by atoms with Crippen molar-refractivity contribution in [1.82, 2.24) is 14.5 Å². The molecule has 5 nitrogen and oxygen atoms in total. The highest BCUT2D eigenvalue weighted by Gasteiger charge is 2.14. The Labute approximate surface area is 125 Å². The van der Waals surface area contributed by atoms with Gasteiger partial charge in [-0.15, -0.1) is 0 Å². The summed E-state index contributed by atoms with van der Waals surface area (Å²) < 4.78 is 1.65. The molecule has 0 unspecified atom stereocenters. The topological polar surface area (TPSA) is 70.8 Å². The van der Waals surface area contributed by atoms with Crippen molar-refractivity contribution in [3.63, 3.8) is 0 Å². The van der Waals surface area contributed by atoms with Crippen molar-refractivity contribution in [3.8, 4) is 0 Å². The molecule has 2 aromatic heterocycles. The van der Waals surface area contributed by atoms with Gasteiger partial charge in [0.15, 0.2) is 5.65 Å². The molecule has 5 heteroatoms. The molecule has 0 amide bonds. The van der Waals surface area contributed by atoms with Crippen LogP contribution in [0.2, 0.25) is 0 Å². The number of rotatable bonds is 2. The van der Waals surface area contributed by atoms with Crippen LogP contribution in [0.5, 0.6) is 0 Å². The molecule has 4 rings (SSSR count). The van der Waals surface area contributed by atoms with Gasteiger partial charge in [0.05, 0.1) is 29.1 Å². The zero-order chi connectivity index (χ0) is 15.3. The maximum absolute atomic E-state index is 11.1. The van der Waals surface area contributed by atoms with Crippen molar-refractivity contribution < 1.29 is 9.90 Å². The summed E-state index contributed by atoms with van der Waals surface area (Å²) >= 11 is 0. The van der Waals surface area contributed by atoms with Crippen LogP contribution in [0.25, 0.3) is 33.1 Å². The van der Waals surface area contributed by atoms with Gasteiger partial charge in [0.25, 0.3) is 0 Å². The first-order valence-electron chi connectivity index (χ1n) is 6.99. The number of nitrogens with zero attached hydrogens (tertiary/aromatic N) is 3. The van der Waals surface area contributed by atoms with Crippen molar-refractivity contribution in [1.29, 1.82) is 0 Å². The van der Waals surface area contributed by atoms with E-state index in [0.717, 1.165) is 33.0 Å². The summed E-state index contributed by atoms with van der Waals surface area (Å²) in [5.41, 5.74) is 4.73. The fraction of sp³-hybridized carbons (Fsp3) is 0.118. The summed E-state index contributed by atoms with van der Waals surface area (Å²) in [6, 6.07) is 13.4. The number of hydrogen-bond acceptors (Lipinski definition) is 4. The van der Waals surface area contributed by atoms with Crippen LogP contribution in [0.1, 0.15) is 5.56 Å². The highest BCUT2D eigenvalue weighted by atomic mass is 16.4. The number of aliphatic carboxylic acids is 1. The highest BCUT2D eigenvalue weighted by molar-refractivity contribution is 6.07. The second-order valence-electron chi connectivity index (χ2n) is 5.36. The maximum atomic E-state index is 11.1. The number of aromatic nitrogens is 3. The van der Waals surface area contributed by atoms with Crippen LogP contribution < -0.4 is 5.11 Å². The number of para-hydroxylation sites is 2. The number of aryl methyl sites for hydroxylation is 1. The SMILES string of the molecule is Cc1ccc2c(c1)c1nc3ccccc3nc1n2CC(=O)[O-]. The van der Waals surface area contributed by atoms with Crippen LogP contribution in [0.15, 0.2) is 42.5 Å². The third kappa shape index (κ3) is 1.83. The van der Waals surface area contributed by atoms with Crippen LogP contribution in [0.4, 0.5) is 0 Å². The molecule has 22 heavy (non-hydrogen) atoms. The summed E-state index contributed by atoms with van der Waals surface area (Å²) in [5.74, 6) is -1.14. The lowest BCUT2D eigenvalue weighted by Crippen LogP contribution is -2.27. The second-order valence-corrected chi connectivity index (χ2v) is 5.36. The molecule has 0 aliphatic carbocycles. The molecule has 108 valence electrons. The predicted molar refractivity (Wildman–Crippen MR) is 82.3 cm³/mol. The Balaban J connectivity index is 2.20. The van der Waals surface area contributed by atoms with Gasteiger partial charge in [-0.1, -0.05) is 23.8 Å². The number of hydrogen-bond donors (Lipinski definition) is 0. The van der Waals surface area contributed by atoms with Gasteiger partial charge < -0.3 is 14.5 Å². The van der Waals surface area contributed by atoms with Crippen molar-refractivity contribution >= 4 is 39.1 Å². The number of carbonyl (C=O) groups excluding carboxylic acids is 1. The van der Waals surface area contributed by atoms with Gasteiger partial charge in [0.2, 0.25) is 0 Å². The van der Waals surface area contributed by atoms with Crippen molar-refractivity contribution in [2.75, 3.05) is 0 Å². The molecule has 0 spiro atoms. The van der Waals surface area contributed by atoms with Crippen molar-refractivity contribution in [3.05, 3.63) is 48.0 Å². The highest BCUT2D eigenvalue weighted by Crippen LogP contribution is 2.28. The zero-order valence-corrected chi connectivity index (χ0v) is 11.9. The summed E-state index contributed by atoms with van der Waals surface area (Å²) in [6.45, 7) is 1.76. The molecule has 0 bridgehead atoms. The quantitative estimate of drug-likeness (QED) is 0.564. The Kier molecular flexibility index (Phi) is 2.63. The first kappa shape index (κ1) is 12.8. The van der Waals surface area contributed by atoms with Crippen LogP contribution in [-0.4, -0.2) is 20.5 Å². The standard InChI is InChI=1S/C17H13N3O2/c1-10-6-7-14-11(8-10)16-17(20(14)9-15(21)22)19-13-5-3-2-4-12(13)18-16/h2-8H,9H2,1H3,(H,21,22)/p-1. The van der Waals surface area contributed by atoms with Gasteiger partial charge in [-0.3, -0.25) is 0 Å². The summed E-state index contributed by atoms with van der Waals surface area (Å²) in [7, 11) is 0. The summed E-state index contributed by atoms with van der Waals surface area (Å²) in [5, 5.41) is 12.0. The average molecular weight is 290 g/mol. The van der Waals surface area contributed by atoms with Gasteiger partial charge in [-0.05, 0) is 31.2 Å². The molecule has 2 heterocycles. The molecule has 0 fully saturated rings. The van der Waals surface area contributed by atoms with E-state index in [1.54, 1.807) is 4.57 Å². The van der Waals surface area contributed by atoms with Gasteiger partial charge >= 0.3 is 0 Å². The predicted octanol–water partition coefficient (Wildman–Crippen LogP) is 1.80. The van der Waals surface area contributed by atoms with E-state index in [4.69, 9.17) is 0 Å². The first-order valence-corrected chi connectivity index (χ1v) is 6.99. The molecule has 0 aliphatic heterocycles. The van der Waals surface area contributed by atoms with E-state index >= 15 is 0 Å². The Hall–Kier alpha value is -2.95. The Morgan fingerprint density at radius 1 is 1.14 bits per heavy atom. The molecule has 0 radical (unpaired) electrons. The zero-order valence-electron chi connectivity index (χ0n) is 11.9. The maximum Gasteiger partial charge on any atom is 0.160 e. The summed E-state index contributed by atoms with van der Waals surface area (Å²) in [6.07, 6.45) is 0. The molecule has 0 aliphatic rings. The Morgan fingerprint density at radius 2 is 1.86 bits per heavy atom. The number of carboxylic acids is 1. The van der Waals surface area contributed by atoms with E-state index in [9.17, 15) is 9.90 Å². The normalized spacial score (nSPS) is 11.5. The van der Waals surface area contributed by atoms with Gasteiger partial charge in [-0.25, -0.2) is 9.97 Å². The number of carboxylic acid groups (broad SMARTS) is 1. The van der Waals surface area contributed by atoms with E-state index in [1.165, 1.54) is 0 Å². The minimum Gasteiger partial charge on any atom is -0.548 e. The molecule has 2 aromatic carbocycles. The average Bonchev–Trinajstić information content (AvgIpc) is 2.78. The fourth-order valence-corrected chi connectivity index (χ4v) is 2.84. The van der Waals surface area contributed by atoms with E-state index in [-0.39, 0.29) is 6.54 Å². The molecule has 0 N–H and O–H groups in total. The van der Waals surface area contributed by atoms with Crippen LogP contribution in [0.3, 0.4) is 0 Å². The minimum absolute atomic E-state index is 0.240. The Morgan fingerprint density at radius 3 is 2.59 bits per heavy atom. The third-order valence-corrected chi connectivity index (χ3v) is 3.79. The summed E-state index contributed by atoms with van der Waals surface area (Å²) in [4.78, 5) is 20.4. The van der Waals surface area contributed by atoms with Gasteiger partial charge in [-0.2, -0.15) is 0 Å². The van der Waals surface area contributed by atoms with E-state index in [0.29, 0.717) is 5.65 Å². The van der Waals surface area contributed by atoms with Gasteiger partial charge in [0, 0.05) is 5.39 Å². The molecular formula is C17H12N3O2-.